The lowest BCUT2D eigenvalue weighted by atomic mass is 9.91. The van der Waals surface area contributed by atoms with Crippen LogP contribution >= 0.6 is 0 Å². The Balaban J connectivity index is 1.73. The SMILES string of the molecule is Cc1nc(F)c(F)c(F)c1C[C@@H]1NC(=O)[C@@H](NC(=O)c2ccccc2O)[C@@H](C)OC(=O)C(C2COC2)OC(=O)[C@H](C)[C@@H]1O. The van der Waals surface area contributed by atoms with Gasteiger partial charge in [-0.1, -0.05) is 12.1 Å². The van der Waals surface area contributed by atoms with Crippen LogP contribution in [0.1, 0.15) is 35.5 Å². The summed E-state index contributed by atoms with van der Waals surface area (Å²) in [5.41, 5.74) is -0.986. The van der Waals surface area contributed by atoms with Crippen molar-refractivity contribution in [3.63, 3.8) is 0 Å². The number of aliphatic hydroxyl groups excluding tert-OH is 1. The van der Waals surface area contributed by atoms with Gasteiger partial charge < -0.3 is 35.1 Å². The van der Waals surface area contributed by atoms with Crippen molar-refractivity contribution in [3.05, 3.63) is 58.7 Å². The molecule has 2 amide bonds. The topological polar surface area (TPSA) is 173 Å². The van der Waals surface area contributed by atoms with E-state index in [1.54, 1.807) is 0 Å². The minimum atomic E-state index is -1.87. The zero-order valence-electron chi connectivity index (χ0n) is 23.3. The molecule has 0 radical (unpaired) electrons. The summed E-state index contributed by atoms with van der Waals surface area (Å²) < 4.78 is 58.5. The number of carbonyl (C=O) groups excluding carboxylic acids is 4. The molecular formula is C28H30F3N3O9. The van der Waals surface area contributed by atoms with Crippen molar-refractivity contribution < 1.29 is 56.8 Å². The van der Waals surface area contributed by atoms with Crippen LogP contribution in [0.2, 0.25) is 0 Å². The first-order valence-corrected chi connectivity index (χ1v) is 13.4. The highest BCUT2D eigenvalue weighted by molar-refractivity contribution is 6.00. The molecule has 2 saturated heterocycles. The van der Waals surface area contributed by atoms with Crippen LogP contribution in [0, 0.1) is 36.3 Å². The van der Waals surface area contributed by atoms with Gasteiger partial charge in [-0.15, -0.1) is 0 Å². The third-order valence-corrected chi connectivity index (χ3v) is 7.45. The summed E-state index contributed by atoms with van der Waals surface area (Å²) in [6, 6.07) is 2.22. The molecular weight excluding hydrogens is 579 g/mol. The van der Waals surface area contributed by atoms with E-state index in [1.807, 2.05) is 0 Å². The molecule has 1 unspecified atom stereocenters. The van der Waals surface area contributed by atoms with Crippen LogP contribution in [-0.4, -0.2) is 82.6 Å². The molecule has 232 valence electrons. The second-order valence-corrected chi connectivity index (χ2v) is 10.5. The number of carbonyl (C=O) groups is 4. The Bertz CT molecular complexity index is 1420. The first kappa shape index (κ1) is 31.7. The lowest BCUT2D eigenvalue weighted by Gasteiger charge is -2.36. The maximum Gasteiger partial charge on any atom is 0.348 e. The number of amides is 2. The van der Waals surface area contributed by atoms with Crippen LogP contribution in [0.4, 0.5) is 13.2 Å². The van der Waals surface area contributed by atoms with Crippen molar-refractivity contribution in [2.45, 2.75) is 57.6 Å². The number of phenolic OH excluding ortho intramolecular Hbond substituents is 1. The number of aromatic hydroxyl groups is 1. The summed E-state index contributed by atoms with van der Waals surface area (Å²) in [6.07, 6.45) is -5.38. The van der Waals surface area contributed by atoms with Gasteiger partial charge >= 0.3 is 11.9 Å². The maximum absolute atomic E-state index is 14.8. The number of aryl methyl sites for hydroxylation is 1. The smallest absolute Gasteiger partial charge is 0.348 e. The number of rotatable bonds is 5. The number of pyridine rings is 1. The standard InChI is InChI=1S/C28H30F3N3O9/c1-11-22(36)17(8-16-12(2)32-24(31)20(30)19(16)29)33-26(38)21(34-25(37)15-6-4-5-7-18(15)35)13(3)42-28(40)23(43-27(11)39)14-9-41-10-14/h4-7,11,13-14,17,21-23,35-36H,8-10H2,1-3H3,(H,33,38)(H,34,37)/t11-,13-,17+,21+,22+,23?/m1/s1. The summed E-state index contributed by atoms with van der Waals surface area (Å²) in [5.74, 6) is -11.7. The highest BCUT2D eigenvalue weighted by Crippen LogP contribution is 2.26. The lowest BCUT2D eigenvalue weighted by Crippen LogP contribution is -2.60. The molecule has 4 rings (SSSR count). The quantitative estimate of drug-likeness (QED) is 0.281. The average molecular weight is 610 g/mol. The van der Waals surface area contributed by atoms with Gasteiger partial charge in [-0.3, -0.25) is 14.4 Å². The number of phenols is 1. The second-order valence-electron chi connectivity index (χ2n) is 10.5. The fraction of sp³-hybridized carbons (Fsp3) is 0.464. The maximum atomic E-state index is 14.8. The molecule has 15 heteroatoms. The fourth-order valence-corrected chi connectivity index (χ4v) is 4.72. The van der Waals surface area contributed by atoms with E-state index in [9.17, 15) is 42.6 Å². The average Bonchev–Trinajstić information content (AvgIpc) is 2.93. The van der Waals surface area contributed by atoms with Gasteiger partial charge in [-0.2, -0.15) is 8.78 Å². The van der Waals surface area contributed by atoms with Crippen molar-refractivity contribution in [2.24, 2.45) is 11.8 Å². The van der Waals surface area contributed by atoms with Gasteiger partial charge in [-0.25, -0.2) is 14.2 Å². The first-order chi connectivity index (χ1) is 20.3. The van der Waals surface area contributed by atoms with E-state index in [-0.39, 0.29) is 24.5 Å². The van der Waals surface area contributed by atoms with Gasteiger partial charge in [0.05, 0.1) is 42.8 Å². The van der Waals surface area contributed by atoms with Crippen LogP contribution in [0.25, 0.3) is 0 Å². The van der Waals surface area contributed by atoms with E-state index in [1.165, 1.54) is 45.0 Å². The largest absolute Gasteiger partial charge is 0.507 e. The van der Waals surface area contributed by atoms with Crippen LogP contribution in [0.3, 0.4) is 0 Å². The predicted molar refractivity (Wildman–Crippen MR) is 139 cm³/mol. The third-order valence-electron chi connectivity index (χ3n) is 7.45. The molecule has 2 aromatic rings. The number of aliphatic hydroxyl groups is 1. The molecule has 43 heavy (non-hydrogen) atoms. The van der Waals surface area contributed by atoms with Crippen LogP contribution in [0.15, 0.2) is 24.3 Å². The summed E-state index contributed by atoms with van der Waals surface area (Å²) in [5, 5.41) is 26.1. The minimum absolute atomic E-state index is 0.0522. The Morgan fingerprint density at radius 3 is 2.37 bits per heavy atom. The summed E-state index contributed by atoms with van der Waals surface area (Å²) >= 11 is 0. The van der Waals surface area contributed by atoms with Gasteiger partial charge in [0.2, 0.25) is 17.8 Å². The Labute approximate surface area is 243 Å². The number of nitrogens with one attached hydrogen (secondary N) is 2. The molecule has 1 aromatic heterocycles. The highest BCUT2D eigenvalue weighted by Gasteiger charge is 2.44. The molecule has 0 spiro atoms. The molecule has 3 heterocycles. The molecule has 0 bridgehead atoms. The molecule has 12 nitrogen and oxygen atoms in total. The number of hydrogen-bond acceptors (Lipinski definition) is 10. The summed E-state index contributed by atoms with van der Waals surface area (Å²) in [4.78, 5) is 56.1. The van der Waals surface area contributed by atoms with Crippen LogP contribution in [0.5, 0.6) is 5.75 Å². The number of para-hydroxylation sites is 1. The number of esters is 2. The Kier molecular flexibility index (Phi) is 9.55. The van der Waals surface area contributed by atoms with Gasteiger partial charge in [-0.05, 0) is 39.3 Å². The normalized spacial score (nSPS) is 27.1. The molecule has 2 aliphatic heterocycles. The van der Waals surface area contributed by atoms with Gasteiger partial charge in [0.1, 0.15) is 17.9 Å². The fourth-order valence-electron chi connectivity index (χ4n) is 4.72. The lowest BCUT2D eigenvalue weighted by molar-refractivity contribution is -0.192. The summed E-state index contributed by atoms with van der Waals surface area (Å²) in [6.45, 7) is 3.79. The van der Waals surface area contributed by atoms with Crippen molar-refractivity contribution in [3.8, 4) is 5.75 Å². The number of halogens is 3. The number of cyclic esters (lactones) is 2. The Morgan fingerprint density at radius 2 is 1.74 bits per heavy atom. The van der Waals surface area contributed by atoms with Crippen LogP contribution in [-0.2, 0) is 35.0 Å². The van der Waals surface area contributed by atoms with E-state index < -0.39 is 101 Å². The molecule has 0 aliphatic carbocycles. The van der Waals surface area contributed by atoms with E-state index in [0.29, 0.717) is 0 Å². The first-order valence-electron chi connectivity index (χ1n) is 13.4. The predicted octanol–water partition coefficient (Wildman–Crippen LogP) is 0.839. The minimum Gasteiger partial charge on any atom is -0.507 e. The highest BCUT2D eigenvalue weighted by atomic mass is 19.2. The zero-order valence-corrected chi connectivity index (χ0v) is 23.3. The van der Waals surface area contributed by atoms with E-state index in [4.69, 9.17) is 14.2 Å². The molecule has 0 saturated carbocycles. The molecule has 6 atom stereocenters. The number of ether oxygens (including phenoxy) is 3. The second kappa shape index (κ2) is 13.0. The zero-order chi connectivity index (χ0) is 31.6. The molecule has 1 aromatic carbocycles. The number of benzene rings is 1. The van der Waals surface area contributed by atoms with Crippen LogP contribution < -0.4 is 10.6 Å². The summed E-state index contributed by atoms with van der Waals surface area (Å²) in [7, 11) is 0. The third kappa shape index (κ3) is 6.72. The van der Waals surface area contributed by atoms with E-state index >= 15 is 0 Å². The van der Waals surface area contributed by atoms with Crippen molar-refractivity contribution in [2.75, 3.05) is 13.2 Å². The Hall–Kier alpha value is -4.24. The van der Waals surface area contributed by atoms with E-state index in [2.05, 4.69) is 15.6 Å². The van der Waals surface area contributed by atoms with Crippen molar-refractivity contribution in [1.29, 1.82) is 0 Å². The number of nitrogens with zero attached hydrogens (tertiary/aromatic N) is 1. The number of hydrogen-bond donors (Lipinski definition) is 4. The van der Waals surface area contributed by atoms with Crippen molar-refractivity contribution in [1.82, 2.24) is 15.6 Å². The van der Waals surface area contributed by atoms with Crippen molar-refractivity contribution >= 4 is 23.8 Å². The van der Waals surface area contributed by atoms with Gasteiger partial charge in [0.25, 0.3) is 11.9 Å². The molecule has 4 N–H and O–H groups in total. The molecule has 2 fully saturated rings. The van der Waals surface area contributed by atoms with E-state index in [0.717, 1.165) is 0 Å². The Morgan fingerprint density at radius 1 is 1.07 bits per heavy atom. The molecule has 2 aliphatic rings. The monoisotopic (exact) mass is 609 g/mol. The van der Waals surface area contributed by atoms with Gasteiger partial charge in [0.15, 0.2) is 5.82 Å². The van der Waals surface area contributed by atoms with Gasteiger partial charge in [0, 0.05) is 11.3 Å². The number of aromatic nitrogens is 1.